The maximum absolute atomic E-state index is 13.0. The predicted octanol–water partition coefficient (Wildman–Crippen LogP) is 3.19. The van der Waals surface area contributed by atoms with E-state index in [9.17, 15) is 9.18 Å². The molecule has 0 radical (unpaired) electrons. The Morgan fingerprint density at radius 1 is 1.50 bits per heavy atom. The molecule has 0 aromatic heterocycles. The lowest BCUT2D eigenvalue weighted by atomic mass is 10.1. The Labute approximate surface area is 95.9 Å². The van der Waals surface area contributed by atoms with Crippen molar-refractivity contribution in [3.05, 3.63) is 35.6 Å². The minimum absolute atomic E-state index is 0.0265. The average molecular weight is 223 g/mol. The number of nitrogens with one attached hydrogen (secondary N) is 1. The highest BCUT2D eigenvalue weighted by atomic mass is 19.1. The molecular weight excluding hydrogens is 205 g/mol. The van der Waals surface area contributed by atoms with Crippen LogP contribution in [0.2, 0.25) is 0 Å². The van der Waals surface area contributed by atoms with Crippen LogP contribution in [-0.4, -0.2) is 5.91 Å². The molecule has 0 bridgehead atoms. The molecule has 0 saturated heterocycles. The van der Waals surface area contributed by atoms with Gasteiger partial charge in [0, 0.05) is 6.42 Å². The van der Waals surface area contributed by atoms with E-state index in [0.29, 0.717) is 6.42 Å². The third kappa shape index (κ3) is 4.01. The SMILES string of the molecule is CCCCC(=O)N[C@@H](C)c1cccc(F)c1. The molecule has 0 unspecified atom stereocenters. The summed E-state index contributed by atoms with van der Waals surface area (Å²) >= 11 is 0. The molecule has 0 heterocycles. The van der Waals surface area contributed by atoms with Gasteiger partial charge in [-0.3, -0.25) is 4.79 Å². The van der Waals surface area contributed by atoms with E-state index in [1.165, 1.54) is 12.1 Å². The van der Waals surface area contributed by atoms with Crippen LogP contribution in [0.4, 0.5) is 4.39 Å². The van der Waals surface area contributed by atoms with Crippen molar-refractivity contribution in [3.8, 4) is 0 Å². The first-order chi connectivity index (χ1) is 7.63. The van der Waals surface area contributed by atoms with E-state index in [0.717, 1.165) is 18.4 Å². The van der Waals surface area contributed by atoms with E-state index in [1.54, 1.807) is 6.07 Å². The Kier molecular flexibility index (Phi) is 4.96. The third-order valence-electron chi connectivity index (χ3n) is 2.48. The summed E-state index contributed by atoms with van der Waals surface area (Å²) in [6.07, 6.45) is 2.43. The van der Waals surface area contributed by atoms with Gasteiger partial charge in [-0.15, -0.1) is 0 Å². The Morgan fingerprint density at radius 3 is 2.88 bits per heavy atom. The van der Waals surface area contributed by atoms with Crippen molar-refractivity contribution in [2.24, 2.45) is 0 Å². The monoisotopic (exact) mass is 223 g/mol. The van der Waals surface area contributed by atoms with Crippen molar-refractivity contribution in [2.75, 3.05) is 0 Å². The number of carbonyl (C=O) groups is 1. The molecule has 0 aliphatic carbocycles. The van der Waals surface area contributed by atoms with Crippen LogP contribution >= 0.6 is 0 Å². The number of amides is 1. The van der Waals surface area contributed by atoms with Crippen molar-refractivity contribution in [1.82, 2.24) is 5.32 Å². The van der Waals surface area contributed by atoms with Gasteiger partial charge in [-0.05, 0) is 31.0 Å². The van der Waals surface area contributed by atoms with Gasteiger partial charge in [0.25, 0.3) is 0 Å². The van der Waals surface area contributed by atoms with Crippen LogP contribution < -0.4 is 5.32 Å². The highest BCUT2D eigenvalue weighted by Gasteiger charge is 2.09. The van der Waals surface area contributed by atoms with Crippen LogP contribution in [0.25, 0.3) is 0 Å². The van der Waals surface area contributed by atoms with Crippen molar-refractivity contribution >= 4 is 5.91 Å². The topological polar surface area (TPSA) is 29.1 Å². The fourth-order valence-corrected chi connectivity index (χ4v) is 1.51. The molecule has 16 heavy (non-hydrogen) atoms. The maximum Gasteiger partial charge on any atom is 0.220 e. The number of unbranched alkanes of at least 4 members (excludes halogenated alkanes) is 1. The Bertz CT molecular complexity index is 352. The summed E-state index contributed by atoms with van der Waals surface area (Å²) in [5.74, 6) is -0.245. The van der Waals surface area contributed by atoms with Crippen LogP contribution in [0.15, 0.2) is 24.3 Å². The van der Waals surface area contributed by atoms with E-state index in [4.69, 9.17) is 0 Å². The highest BCUT2D eigenvalue weighted by molar-refractivity contribution is 5.76. The number of halogens is 1. The standard InChI is InChI=1S/C13H18FNO/c1-3-4-8-13(16)15-10(2)11-6-5-7-12(14)9-11/h5-7,9-10H,3-4,8H2,1-2H3,(H,15,16)/t10-/m0/s1. The molecule has 0 aliphatic rings. The molecule has 1 atom stereocenters. The molecule has 1 N–H and O–H groups in total. The zero-order valence-electron chi connectivity index (χ0n) is 9.79. The van der Waals surface area contributed by atoms with Crippen molar-refractivity contribution in [2.45, 2.75) is 39.2 Å². The molecule has 1 aromatic carbocycles. The molecule has 0 spiro atoms. The number of rotatable bonds is 5. The fraction of sp³-hybridized carbons (Fsp3) is 0.462. The summed E-state index contributed by atoms with van der Waals surface area (Å²) in [6, 6.07) is 6.17. The summed E-state index contributed by atoms with van der Waals surface area (Å²) in [5, 5.41) is 2.85. The van der Waals surface area contributed by atoms with E-state index < -0.39 is 0 Å². The fourth-order valence-electron chi connectivity index (χ4n) is 1.51. The summed E-state index contributed by atoms with van der Waals surface area (Å²) in [7, 11) is 0. The Morgan fingerprint density at radius 2 is 2.25 bits per heavy atom. The predicted molar refractivity (Wildman–Crippen MR) is 62.5 cm³/mol. The van der Waals surface area contributed by atoms with Crippen LogP contribution in [0, 0.1) is 5.82 Å². The second-order valence-electron chi connectivity index (χ2n) is 3.95. The molecule has 1 amide bonds. The number of benzene rings is 1. The molecular formula is C13H18FNO. The first-order valence-corrected chi connectivity index (χ1v) is 5.68. The lowest BCUT2D eigenvalue weighted by molar-refractivity contribution is -0.121. The molecule has 1 rings (SSSR count). The lowest BCUT2D eigenvalue weighted by Crippen LogP contribution is -2.26. The van der Waals surface area contributed by atoms with Crippen molar-refractivity contribution < 1.29 is 9.18 Å². The minimum Gasteiger partial charge on any atom is -0.350 e. The third-order valence-corrected chi connectivity index (χ3v) is 2.48. The lowest BCUT2D eigenvalue weighted by Gasteiger charge is -2.14. The van der Waals surface area contributed by atoms with Crippen LogP contribution in [0.1, 0.15) is 44.7 Å². The molecule has 0 saturated carbocycles. The van der Waals surface area contributed by atoms with Gasteiger partial charge in [-0.25, -0.2) is 4.39 Å². The van der Waals surface area contributed by atoms with E-state index in [1.807, 2.05) is 19.9 Å². The molecule has 88 valence electrons. The van der Waals surface area contributed by atoms with Gasteiger partial charge in [-0.1, -0.05) is 25.5 Å². The summed E-state index contributed by atoms with van der Waals surface area (Å²) in [5.41, 5.74) is 0.796. The highest BCUT2D eigenvalue weighted by Crippen LogP contribution is 2.13. The zero-order valence-corrected chi connectivity index (χ0v) is 9.79. The van der Waals surface area contributed by atoms with Crippen molar-refractivity contribution in [3.63, 3.8) is 0 Å². The molecule has 0 fully saturated rings. The molecule has 0 aliphatic heterocycles. The smallest absolute Gasteiger partial charge is 0.220 e. The number of carbonyl (C=O) groups excluding carboxylic acids is 1. The van der Waals surface area contributed by atoms with Gasteiger partial charge in [0.05, 0.1) is 6.04 Å². The zero-order chi connectivity index (χ0) is 12.0. The molecule has 3 heteroatoms. The maximum atomic E-state index is 13.0. The van der Waals surface area contributed by atoms with Gasteiger partial charge >= 0.3 is 0 Å². The molecule has 2 nitrogen and oxygen atoms in total. The first-order valence-electron chi connectivity index (χ1n) is 5.68. The van der Waals surface area contributed by atoms with Crippen LogP contribution in [-0.2, 0) is 4.79 Å². The van der Waals surface area contributed by atoms with Gasteiger partial charge in [0.15, 0.2) is 0 Å². The number of hydrogen-bond donors (Lipinski definition) is 1. The van der Waals surface area contributed by atoms with Crippen LogP contribution in [0.3, 0.4) is 0 Å². The van der Waals surface area contributed by atoms with Gasteiger partial charge in [0.1, 0.15) is 5.82 Å². The summed E-state index contributed by atoms with van der Waals surface area (Å²) in [6.45, 7) is 3.90. The van der Waals surface area contributed by atoms with Crippen LogP contribution in [0.5, 0.6) is 0 Å². The van der Waals surface area contributed by atoms with Crippen molar-refractivity contribution in [1.29, 1.82) is 0 Å². The van der Waals surface area contributed by atoms with Gasteiger partial charge in [0.2, 0.25) is 5.91 Å². The quantitative estimate of drug-likeness (QED) is 0.816. The van der Waals surface area contributed by atoms with E-state index >= 15 is 0 Å². The largest absolute Gasteiger partial charge is 0.350 e. The van der Waals surface area contributed by atoms with Gasteiger partial charge < -0.3 is 5.32 Å². The van der Waals surface area contributed by atoms with E-state index in [2.05, 4.69) is 5.32 Å². The normalized spacial score (nSPS) is 12.2. The Balaban J connectivity index is 2.52. The first kappa shape index (κ1) is 12.7. The van der Waals surface area contributed by atoms with E-state index in [-0.39, 0.29) is 17.8 Å². The Hall–Kier alpha value is -1.38. The van der Waals surface area contributed by atoms with Gasteiger partial charge in [-0.2, -0.15) is 0 Å². The minimum atomic E-state index is -0.271. The number of hydrogen-bond acceptors (Lipinski definition) is 1. The summed E-state index contributed by atoms with van der Waals surface area (Å²) < 4.78 is 13.0. The second-order valence-corrected chi connectivity index (χ2v) is 3.95. The average Bonchev–Trinajstić information content (AvgIpc) is 2.26. The molecule has 1 aromatic rings. The summed E-state index contributed by atoms with van der Waals surface area (Å²) in [4.78, 5) is 11.5. The second kappa shape index (κ2) is 6.26.